The van der Waals surface area contributed by atoms with Crippen molar-refractivity contribution in [3.8, 4) is 6.07 Å². The summed E-state index contributed by atoms with van der Waals surface area (Å²) in [6.07, 6.45) is 1.74. The van der Waals surface area contributed by atoms with Crippen LogP contribution in [0.5, 0.6) is 0 Å². The van der Waals surface area contributed by atoms with Gasteiger partial charge in [0.25, 0.3) is 0 Å². The number of rotatable bonds is 1. The second-order valence-corrected chi connectivity index (χ2v) is 2.00. The Labute approximate surface area is 54.6 Å². The minimum atomic E-state index is -0.120. The van der Waals surface area contributed by atoms with Crippen LogP contribution in [-0.2, 0) is 0 Å². The van der Waals surface area contributed by atoms with Crippen molar-refractivity contribution in [2.45, 2.75) is 13.0 Å². The molecule has 1 heterocycles. The zero-order valence-corrected chi connectivity index (χ0v) is 5.41. The number of nitrogens with zero attached hydrogens (tertiary/aromatic N) is 3. The number of aliphatic imine (C=N–C) groups is 1. The summed E-state index contributed by atoms with van der Waals surface area (Å²) in [5.41, 5.74) is 0. The minimum Gasteiger partial charge on any atom is -0.360 e. The zero-order valence-electron chi connectivity index (χ0n) is 5.41. The van der Waals surface area contributed by atoms with E-state index in [1.54, 1.807) is 6.34 Å². The Hall–Kier alpha value is -1.04. The van der Waals surface area contributed by atoms with E-state index < -0.39 is 0 Å². The second kappa shape index (κ2) is 2.49. The Bertz CT molecular complexity index is 156. The summed E-state index contributed by atoms with van der Waals surface area (Å²) < 4.78 is 0. The van der Waals surface area contributed by atoms with Crippen LogP contribution in [0.4, 0.5) is 0 Å². The van der Waals surface area contributed by atoms with Gasteiger partial charge in [0.2, 0.25) is 0 Å². The van der Waals surface area contributed by atoms with Crippen LogP contribution in [0.3, 0.4) is 0 Å². The molecule has 48 valence electrons. The molecule has 0 radical (unpaired) electrons. The van der Waals surface area contributed by atoms with Crippen LogP contribution >= 0.6 is 0 Å². The zero-order chi connectivity index (χ0) is 6.69. The van der Waals surface area contributed by atoms with Gasteiger partial charge in [-0.15, -0.1) is 0 Å². The molecule has 3 nitrogen and oxygen atoms in total. The summed E-state index contributed by atoms with van der Waals surface area (Å²) in [5, 5.41) is 8.39. The molecule has 0 aromatic rings. The van der Waals surface area contributed by atoms with E-state index in [1.165, 1.54) is 0 Å². The Morgan fingerprint density at radius 2 is 2.78 bits per heavy atom. The number of likely N-dealkylation sites (N-methyl/N-ethyl adjacent to an activating group) is 1. The van der Waals surface area contributed by atoms with Gasteiger partial charge in [-0.1, -0.05) is 0 Å². The van der Waals surface area contributed by atoms with Crippen molar-refractivity contribution >= 4 is 6.34 Å². The molecule has 0 bridgehead atoms. The maximum atomic E-state index is 8.39. The predicted molar refractivity (Wildman–Crippen MR) is 35.1 cm³/mol. The second-order valence-electron chi connectivity index (χ2n) is 2.00. The van der Waals surface area contributed by atoms with E-state index in [0.717, 1.165) is 13.1 Å². The van der Waals surface area contributed by atoms with Crippen molar-refractivity contribution in [3.05, 3.63) is 0 Å². The van der Waals surface area contributed by atoms with Gasteiger partial charge in [-0.25, -0.2) is 0 Å². The maximum absolute atomic E-state index is 8.39. The number of hydrogen-bond donors (Lipinski definition) is 0. The van der Waals surface area contributed by atoms with E-state index >= 15 is 0 Å². The molecule has 0 spiro atoms. The lowest BCUT2D eigenvalue weighted by atomic mass is 10.3. The Morgan fingerprint density at radius 1 is 2.00 bits per heavy atom. The van der Waals surface area contributed by atoms with Crippen molar-refractivity contribution in [1.29, 1.82) is 5.26 Å². The van der Waals surface area contributed by atoms with Crippen molar-refractivity contribution in [2.75, 3.05) is 13.1 Å². The summed E-state index contributed by atoms with van der Waals surface area (Å²) in [6, 6.07) is 1.97. The average Bonchev–Trinajstić information content (AvgIpc) is 2.34. The van der Waals surface area contributed by atoms with Gasteiger partial charge in [0, 0.05) is 6.54 Å². The molecule has 0 aromatic carbocycles. The summed E-state index contributed by atoms with van der Waals surface area (Å²) in [7, 11) is 0. The number of hydrogen-bond acceptors (Lipinski definition) is 3. The summed E-state index contributed by atoms with van der Waals surface area (Å²) in [6.45, 7) is 3.76. The average molecular weight is 123 g/mol. The predicted octanol–water partition coefficient (Wildman–Crippen LogP) is 0.242. The van der Waals surface area contributed by atoms with Crippen molar-refractivity contribution < 1.29 is 0 Å². The molecule has 1 unspecified atom stereocenters. The Kier molecular flexibility index (Phi) is 1.69. The van der Waals surface area contributed by atoms with E-state index in [9.17, 15) is 0 Å². The molecule has 0 aliphatic carbocycles. The van der Waals surface area contributed by atoms with Gasteiger partial charge in [-0.05, 0) is 6.92 Å². The van der Waals surface area contributed by atoms with Crippen LogP contribution in [0.25, 0.3) is 0 Å². The molecule has 9 heavy (non-hydrogen) atoms. The fraction of sp³-hybridized carbons (Fsp3) is 0.667. The molecule has 0 saturated carbocycles. The quantitative estimate of drug-likeness (QED) is 0.501. The SMILES string of the molecule is CCN1C=NC(C#N)C1. The fourth-order valence-electron chi connectivity index (χ4n) is 0.776. The van der Waals surface area contributed by atoms with Gasteiger partial charge >= 0.3 is 0 Å². The van der Waals surface area contributed by atoms with Crippen LogP contribution in [-0.4, -0.2) is 30.4 Å². The largest absolute Gasteiger partial charge is 0.360 e. The molecule has 0 amide bonds. The van der Waals surface area contributed by atoms with Crippen molar-refractivity contribution in [1.82, 2.24) is 4.90 Å². The summed E-state index contributed by atoms with van der Waals surface area (Å²) in [5.74, 6) is 0. The minimum absolute atomic E-state index is 0.120. The van der Waals surface area contributed by atoms with E-state index in [0.29, 0.717) is 0 Å². The molecule has 0 saturated heterocycles. The highest BCUT2D eigenvalue weighted by Gasteiger charge is 2.13. The third-order valence-electron chi connectivity index (χ3n) is 1.37. The molecule has 1 aliphatic heterocycles. The first-order chi connectivity index (χ1) is 4.36. The lowest BCUT2D eigenvalue weighted by Gasteiger charge is -2.08. The lowest BCUT2D eigenvalue weighted by Crippen LogP contribution is -2.21. The van der Waals surface area contributed by atoms with Gasteiger partial charge in [0.15, 0.2) is 6.04 Å². The molecule has 1 rings (SSSR count). The highest BCUT2D eigenvalue weighted by molar-refractivity contribution is 5.58. The van der Waals surface area contributed by atoms with Gasteiger partial charge in [0.05, 0.1) is 19.0 Å². The number of nitriles is 1. The first kappa shape index (κ1) is 6.09. The van der Waals surface area contributed by atoms with Gasteiger partial charge in [-0.2, -0.15) is 5.26 Å². The highest BCUT2D eigenvalue weighted by Crippen LogP contribution is 2.00. The van der Waals surface area contributed by atoms with E-state index in [4.69, 9.17) is 5.26 Å². The maximum Gasteiger partial charge on any atom is 0.155 e. The van der Waals surface area contributed by atoms with Gasteiger partial charge in [0.1, 0.15) is 0 Å². The molecule has 1 atom stereocenters. The molecule has 3 heteroatoms. The van der Waals surface area contributed by atoms with E-state index in [1.807, 2.05) is 11.8 Å². The Morgan fingerprint density at radius 3 is 3.11 bits per heavy atom. The van der Waals surface area contributed by atoms with Crippen LogP contribution in [0.15, 0.2) is 4.99 Å². The van der Waals surface area contributed by atoms with Gasteiger partial charge in [-0.3, -0.25) is 4.99 Å². The van der Waals surface area contributed by atoms with Crippen LogP contribution in [0, 0.1) is 11.3 Å². The highest BCUT2D eigenvalue weighted by atomic mass is 15.2. The molecule has 0 fully saturated rings. The van der Waals surface area contributed by atoms with Crippen molar-refractivity contribution in [2.24, 2.45) is 4.99 Å². The third kappa shape index (κ3) is 1.20. The monoisotopic (exact) mass is 123 g/mol. The molecule has 0 aromatic heterocycles. The standard InChI is InChI=1S/C6H9N3/c1-2-9-4-6(3-7)8-5-9/h5-6H,2,4H2,1H3. The van der Waals surface area contributed by atoms with E-state index in [2.05, 4.69) is 11.1 Å². The van der Waals surface area contributed by atoms with Crippen molar-refractivity contribution in [3.63, 3.8) is 0 Å². The van der Waals surface area contributed by atoms with Crippen LogP contribution < -0.4 is 0 Å². The summed E-state index contributed by atoms with van der Waals surface area (Å²) >= 11 is 0. The van der Waals surface area contributed by atoms with Crippen LogP contribution in [0.1, 0.15) is 6.92 Å². The first-order valence-corrected chi connectivity index (χ1v) is 3.03. The summed E-state index contributed by atoms with van der Waals surface area (Å²) in [4.78, 5) is 5.97. The molecular formula is C6H9N3. The Balaban J connectivity index is 2.42. The first-order valence-electron chi connectivity index (χ1n) is 3.03. The lowest BCUT2D eigenvalue weighted by molar-refractivity contribution is 0.476. The molecule has 0 N–H and O–H groups in total. The van der Waals surface area contributed by atoms with Crippen LogP contribution in [0.2, 0.25) is 0 Å². The fourth-order valence-corrected chi connectivity index (χ4v) is 0.776. The van der Waals surface area contributed by atoms with E-state index in [-0.39, 0.29) is 6.04 Å². The molecule has 1 aliphatic rings. The normalized spacial score (nSPS) is 24.4. The van der Waals surface area contributed by atoms with Gasteiger partial charge < -0.3 is 4.90 Å². The smallest absolute Gasteiger partial charge is 0.155 e. The molecular weight excluding hydrogens is 114 g/mol. The topological polar surface area (TPSA) is 39.4 Å². The third-order valence-corrected chi connectivity index (χ3v) is 1.37.